The van der Waals surface area contributed by atoms with E-state index in [9.17, 15) is 4.79 Å². The van der Waals surface area contributed by atoms with Crippen molar-refractivity contribution in [3.05, 3.63) is 29.5 Å². The Morgan fingerprint density at radius 3 is 3.06 bits per heavy atom. The monoisotopic (exact) mass is 220 g/mol. The lowest BCUT2D eigenvalue weighted by Gasteiger charge is -2.01. The summed E-state index contributed by atoms with van der Waals surface area (Å²) in [5, 5.41) is 4.36. The minimum Gasteiger partial charge on any atom is -0.384 e. The normalized spacial score (nSPS) is 10.8. The molecule has 84 valence electrons. The summed E-state index contributed by atoms with van der Waals surface area (Å²) in [4.78, 5) is 11.2. The lowest BCUT2D eigenvalue weighted by Crippen LogP contribution is -2.12. The molecule has 0 atom stereocenters. The molecule has 0 spiro atoms. The van der Waals surface area contributed by atoms with Crippen LogP contribution in [0.2, 0.25) is 0 Å². The smallest absolute Gasteiger partial charge is 0.271 e. The van der Waals surface area contributed by atoms with Gasteiger partial charge in [0, 0.05) is 7.11 Å². The summed E-state index contributed by atoms with van der Waals surface area (Å²) in [6.07, 6.45) is 0.690. The number of benzene rings is 1. The Hall–Kier alpha value is -1.88. The van der Waals surface area contributed by atoms with Gasteiger partial charge in [-0.25, -0.2) is 0 Å². The van der Waals surface area contributed by atoms with Crippen molar-refractivity contribution in [3.8, 4) is 0 Å². The van der Waals surface area contributed by atoms with Crippen molar-refractivity contribution in [1.29, 1.82) is 0 Å². The topological polar surface area (TPSA) is 78.3 Å². The van der Waals surface area contributed by atoms with E-state index in [1.807, 2.05) is 12.1 Å². The molecule has 0 saturated carbocycles. The van der Waals surface area contributed by atoms with Crippen LogP contribution >= 0.6 is 0 Å². The molecule has 16 heavy (non-hydrogen) atoms. The lowest BCUT2D eigenvalue weighted by molar-refractivity contribution is 0.0993. The summed E-state index contributed by atoms with van der Waals surface area (Å²) in [7, 11) is 1.63. The van der Waals surface area contributed by atoms with Crippen LogP contribution in [0.1, 0.15) is 16.1 Å². The number of amides is 1. The SMILES string of the molecule is COCCc1cccc2onc(C(N)=O)c12. The van der Waals surface area contributed by atoms with Crippen molar-refractivity contribution in [1.82, 2.24) is 5.16 Å². The van der Waals surface area contributed by atoms with Gasteiger partial charge < -0.3 is 15.0 Å². The predicted octanol–water partition coefficient (Wildman–Crippen LogP) is 1.12. The molecule has 2 rings (SSSR count). The van der Waals surface area contributed by atoms with Gasteiger partial charge in [0.1, 0.15) is 0 Å². The average Bonchev–Trinajstić information content (AvgIpc) is 2.70. The first kappa shape index (κ1) is 10.6. The van der Waals surface area contributed by atoms with E-state index in [1.54, 1.807) is 13.2 Å². The van der Waals surface area contributed by atoms with E-state index in [-0.39, 0.29) is 5.69 Å². The number of ether oxygens (including phenoxy) is 1. The van der Waals surface area contributed by atoms with Gasteiger partial charge in [0.25, 0.3) is 5.91 Å². The zero-order valence-electron chi connectivity index (χ0n) is 8.90. The molecular formula is C11H12N2O3. The first-order valence-corrected chi connectivity index (χ1v) is 4.90. The minimum absolute atomic E-state index is 0.182. The van der Waals surface area contributed by atoms with E-state index in [0.717, 1.165) is 5.56 Å². The van der Waals surface area contributed by atoms with E-state index in [4.69, 9.17) is 15.0 Å². The minimum atomic E-state index is -0.580. The highest BCUT2D eigenvalue weighted by Crippen LogP contribution is 2.22. The molecule has 0 aliphatic rings. The van der Waals surface area contributed by atoms with Crippen LogP contribution < -0.4 is 5.73 Å². The van der Waals surface area contributed by atoms with Crippen molar-refractivity contribution in [3.63, 3.8) is 0 Å². The van der Waals surface area contributed by atoms with Crippen molar-refractivity contribution in [2.45, 2.75) is 6.42 Å². The number of nitrogens with two attached hydrogens (primary N) is 1. The van der Waals surface area contributed by atoms with Crippen molar-refractivity contribution in [2.24, 2.45) is 5.73 Å². The summed E-state index contributed by atoms with van der Waals surface area (Å²) in [6, 6.07) is 5.51. The predicted molar refractivity (Wildman–Crippen MR) is 58.1 cm³/mol. The number of carbonyl (C=O) groups is 1. The first-order chi connectivity index (χ1) is 7.74. The number of hydrogen-bond donors (Lipinski definition) is 1. The molecule has 1 aromatic carbocycles. The summed E-state index contributed by atoms with van der Waals surface area (Å²) in [5.74, 6) is -0.580. The van der Waals surface area contributed by atoms with Gasteiger partial charge in [0.05, 0.1) is 12.0 Å². The van der Waals surface area contributed by atoms with Crippen molar-refractivity contribution >= 4 is 16.9 Å². The van der Waals surface area contributed by atoms with Crippen LogP contribution in [0.3, 0.4) is 0 Å². The van der Waals surface area contributed by atoms with Crippen molar-refractivity contribution < 1.29 is 14.1 Å². The third kappa shape index (κ3) is 1.77. The highest BCUT2D eigenvalue weighted by molar-refractivity contribution is 6.04. The summed E-state index contributed by atoms with van der Waals surface area (Å²) in [6.45, 7) is 0.572. The quantitative estimate of drug-likeness (QED) is 0.837. The number of nitrogens with zero attached hydrogens (tertiary/aromatic N) is 1. The standard InChI is InChI=1S/C11H12N2O3/c1-15-6-5-7-3-2-4-8-9(7)10(11(12)14)13-16-8/h2-4H,5-6H2,1H3,(H2,12,14). The van der Waals surface area contributed by atoms with Crippen LogP contribution in [0.5, 0.6) is 0 Å². The molecule has 0 saturated heterocycles. The van der Waals surface area contributed by atoms with Crippen LogP contribution in [-0.4, -0.2) is 24.8 Å². The Morgan fingerprint density at radius 2 is 2.38 bits per heavy atom. The Labute approximate surface area is 92.2 Å². The van der Waals surface area contributed by atoms with Crippen LogP contribution in [0, 0.1) is 0 Å². The summed E-state index contributed by atoms with van der Waals surface area (Å²) < 4.78 is 10.0. The molecule has 5 heteroatoms. The number of primary amides is 1. The maximum absolute atomic E-state index is 11.2. The Morgan fingerprint density at radius 1 is 1.56 bits per heavy atom. The molecule has 0 radical (unpaired) electrons. The van der Waals surface area contributed by atoms with Gasteiger partial charge in [-0.2, -0.15) is 0 Å². The number of carbonyl (C=O) groups excluding carboxylic acids is 1. The van der Waals surface area contributed by atoms with Gasteiger partial charge in [-0.05, 0) is 18.1 Å². The van der Waals surface area contributed by atoms with Crippen LogP contribution in [0.25, 0.3) is 11.0 Å². The third-order valence-corrected chi connectivity index (χ3v) is 2.39. The van der Waals surface area contributed by atoms with Gasteiger partial charge in [-0.1, -0.05) is 17.3 Å². The largest absolute Gasteiger partial charge is 0.384 e. The van der Waals surface area contributed by atoms with E-state index in [0.29, 0.717) is 24.0 Å². The Balaban J connectivity index is 2.54. The molecule has 2 aromatic rings. The van der Waals surface area contributed by atoms with E-state index >= 15 is 0 Å². The number of hydrogen-bond acceptors (Lipinski definition) is 4. The summed E-state index contributed by atoms with van der Waals surface area (Å²) in [5.41, 5.74) is 6.94. The fourth-order valence-corrected chi connectivity index (χ4v) is 1.65. The number of methoxy groups -OCH3 is 1. The molecule has 0 aliphatic heterocycles. The molecule has 1 heterocycles. The second-order valence-electron chi connectivity index (χ2n) is 3.43. The van der Waals surface area contributed by atoms with Gasteiger partial charge in [0.2, 0.25) is 0 Å². The third-order valence-electron chi connectivity index (χ3n) is 2.39. The molecule has 1 amide bonds. The van der Waals surface area contributed by atoms with Crippen molar-refractivity contribution in [2.75, 3.05) is 13.7 Å². The van der Waals surface area contributed by atoms with E-state index in [1.165, 1.54) is 0 Å². The van der Waals surface area contributed by atoms with Gasteiger partial charge in [-0.3, -0.25) is 4.79 Å². The van der Waals surface area contributed by atoms with Gasteiger partial charge >= 0.3 is 0 Å². The lowest BCUT2D eigenvalue weighted by atomic mass is 10.1. The van der Waals surface area contributed by atoms with E-state index in [2.05, 4.69) is 5.16 Å². The maximum Gasteiger partial charge on any atom is 0.271 e. The Kier molecular flexibility index (Phi) is 2.87. The maximum atomic E-state index is 11.2. The highest BCUT2D eigenvalue weighted by atomic mass is 16.5. The molecular weight excluding hydrogens is 208 g/mol. The molecule has 5 nitrogen and oxygen atoms in total. The highest BCUT2D eigenvalue weighted by Gasteiger charge is 2.16. The van der Waals surface area contributed by atoms with Gasteiger partial charge in [0.15, 0.2) is 11.3 Å². The zero-order valence-corrected chi connectivity index (χ0v) is 8.90. The molecule has 1 aromatic heterocycles. The second kappa shape index (κ2) is 4.32. The van der Waals surface area contributed by atoms with Crippen LogP contribution in [0.15, 0.2) is 22.7 Å². The Bertz CT molecular complexity index is 519. The van der Waals surface area contributed by atoms with Crippen LogP contribution in [-0.2, 0) is 11.2 Å². The molecule has 0 unspecified atom stereocenters. The molecule has 0 bridgehead atoms. The fourth-order valence-electron chi connectivity index (χ4n) is 1.65. The zero-order chi connectivity index (χ0) is 11.5. The van der Waals surface area contributed by atoms with E-state index < -0.39 is 5.91 Å². The molecule has 2 N–H and O–H groups in total. The van der Waals surface area contributed by atoms with Crippen LogP contribution in [0.4, 0.5) is 0 Å². The molecule has 0 fully saturated rings. The summed E-state index contributed by atoms with van der Waals surface area (Å²) >= 11 is 0. The molecule has 0 aliphatic carbocycles. The average molecular weight is 220 g/mol. The van der Waals surface area contributed by atoms with Gasteiger partial charge in [-0.15, -0.1) is 0 Å². The first-order valence-electron chi connectivity index (χ1n) is 4.90. The second-order valence-corrected chi connectivity index (χ2v) is 3.43. The number of fused-ring (bicyclic) bond motifs is 1. The number of rotatable bonds is 4. The number of aromatic nitrogens is 1. The fraction of sp³-hybridized carbons (Fsp3) is 0.273.